The highest BCUT2D eigenvalue weighted by Crippen LogP contribution is 2.28. The number of nitrogens with zero attached hydrogens (tertiary/aromatic N) is 2. The van der Waals surface area contributed by atoms with Crippen molar-refractivity contribution in [3.63, 3.8) is 0 Å². The van der Waals surface area contributed by atoms with Crippen molar-refractivity contribution in [2.24, 2.45) is 0 Å². The minimum atomic E-state index is -0.293. The summed E-state index contributed by atoms with van der Waals surface area (Å²) in [4.78, 5) is 12.2. The van der Waals surface area contributed by atoms with Gasteiger partial charge < -0.3 is 14.2 Å². The fraction of sp³-hybridized carbons (Fsp3) is 0.500. The maximum absolute atomic E-state index is 12.2. The highest BCUT2D eigenvalue weighted by Gasteiger charge is 2.19. The molecule has 0 spiro atoms. The highest BCUT2D eigenvalue weighted by atomic mass is 32.2. The van der Waals surface area contributed by atoms with Crippen molar-refractivity contribution < 1.29 is 13.6 Å². The predicted molar refractivity (Wildman–Crippen MR) is 96.2 cm³/mol. The second kappa shape index (κ2) is 8.38. The number of allylic oxidation sites excluding steroid dienone is 1. The van der Waals surface area contributed by atoms with Gasteiger partial charge in [0.25, 0.3) is 11.1 Å². The van der Waals surface area contributed by atoms with Gasteiger partial charge in [-0.25, -0.2) is 0 Å². The predicted octanol–water partition coefficient (Wildman–Crippen LogP) is 4.13. The third-order valence-corrected chi connectivity index (χ3v) is 5.21. The second-order valence-corrected chi connectivity index (χ2v) is 7.46. The molecular formula is C18H23N3O3S. The minimum Gasteiger partial charge on any atom is -0.469 e. The Morgan fingerprint density at radius 3 is 3.00 bits per heavy atom. The van der Waals surface area contributed by atoms with Crippen LogP contribution in [0.5, 0.6) is 0 Å². The molecule has 2 aromatic heterocycles. The van der Waals surface area contributed by atoms with E-state index in [1.165, 1.54) is 43.0 Å². The van der Waals surface area contributed by atoms with Gasteiger partial charge in [-0.05, 0) is 52.0 Å². The van der Waals surface area contributed by atoms with Gasteiger partial charge in [-0.1, -0.05) is 23.4 Å². The summed E-state index contributed by atoms with van der Waals surface area (Å²) in [5.41, 5.74) is 2.24. The van der Waals surface area contributed by atoms with E-state index in [9.17, 15) is 4.79 Å². The minimum absolute atomic E-state index is 0.0133. The number of carbonyl (C=O) groups excluding carboxylic acids is 1. The molecule has 1 aliphatic carbocycles. The number of hydrogen-bond donors (Lipinski definition) is 1. The Hall–Kier alpha value is -2.02. The fourth-order valence-electron chi connectivity index (χ4n) is 2.80. The lowest BCUT2D eigenvalue weighted by Gasteiger charge is -2.14. The SMILES string of the molecule is Cc1occc1-c1nnc(S[C@@H](C)C(=O)NCCC2=CCCCC2)o1. The van der Waals surface area contributed by atoms with E-state index in [0.717, 1.165) is 17.7 Å². The van der Waals surface area contributed by atoms with Crippen LogP contribution in [-0.2, 0) is 4.79 Å². The van der Waals surface area contributed by atoms with E-state index in [2.05, 4.69) is 21.6 Å². The van der Waals surface area contributed by atoms with Crippen LogP contribution in [0, 0.1) is 6.92 Å². The molecule has 1 N–H and O–H groups in total. The summed E-state index contributed by atoms with van der Waals surface area (Å²) in [5.74, 6) is 1.12. The zero-order valence-electron chi connectivity index (χ0n) is 14.6. The largest absolute Gasteiger partial charge is 0.469 e. The fourth-order valence-corrected chi connectivity index (χ4v) is 3.51. The van der Waals surface area contributed by atoms with Crippen molar-refractivity contribution in [2.45, 2.75) is 56.4 Å². The van der Waals surface area contributed by atoms with E-state index in [4.69, 9.17) is 8.83 Å². The molecule has 0 unspecified atom stereocenters. The van der Waals surface area contributed by atoms with Crippen LogP contribution in [0.3, 0.4) is 0 Å². The number of furan rings is 1. The molecule has 25 heavy (non-hydrogen) atoms. The molecule has 1 atom stereocenters. The van der Waals surface area contributed by atoms with Gasteiger partial charge in [0.1, 0.15) is 5.76 Å². The van der Waals surface area contributed by atoms with Gasteiger partial charge in [0.15, 0.2) is 0 Å². The number of aryl methyl sites for hydroxylation is 1. The number of aromatic nitrogens is 2. The summed E-state index contributed by atoms with van der Waals surface area (Å²) in [5, 5.41) is 11.1. The molecule has 0 aliphatic heterocycles. The van der Waals surface area contributed by atoms with Crippen molar-refractivity contribution in [1.82, 2.24) is 15.5 Å². The lowest BCUT2D eigenvalue weighted by molar-refractivity contribution is -0.120. The van der Waals surface area contributed by atoms with Crippen LogP contribution < -0.4 is 5.32 Å². The molecule has 1 aliphatic rings. The van der Waals surface area contributed by atoms with Crippen molar-refractivity contribution in [3.05, 3.63) is 29.7 Å². The lowest BCUT2D eigenvalue weighted by atomic mass is 9.97. The Morgan fingerprint density at radius 1 is 1.40 bits per heavy atom. The number of rotatable bonds is 7. The van der Waals surface area contributed by atoms with Crippen LogP contribution >= 0.6 is 11.8 Å². The molecule has 1 amide bonds. The normalized spacial score (nSPS) is 15.7. The third kappa shape index (κ3) is 4.75. The standard InChI is InChI=1S/C18H23N3O3S/c1-12-15(9-11-23-12)17-20-21-18(24-17)25-13(2)16(22)19-10-8-14-6-4-3-5-7-14/h6,9,11,13H,3-5,7-8,10H2,1-2H3,(H,19,22)/t13-/m0/s1. The van der Waals surface area contributed by atoms with Gasteiger partial charge in [-0.3, -0.25) is 4.79 Å². The molecule has 0 saturated carbocycles. The average Bonchev–Trinajstić information content (AvgIpc) is 3.24. The van der Waals surface area contributed by atoms with Gasteiger partial charge in [0.2, 0.25) is 5.91 Å². The zero-order valence-corrected chi connectivity index (χ0v) is 15.4. The topological polar surface area (TPSA) is 81.2 Å². The van der Waals surface area contributed by atoms with Crippen LogP contribution in [0.25, 0.3) is 11.5 Å². The van der Waals surface area contributed by atoms with Gasteiger partial charge in [0.05, 0.1) is 17.1 Å². The first-order chi connectivity index (χ1) is 12.1. The summed E-state index contributed by atoms with van der Waals surface area (Å²) in [6.45, 7) is 4.36. The van der Waals surface area contributed by atoms with Crippen molar-refractivity contribution >= 4 is 17.7 Å². The number of thioether (sulfide) groups is 1. The Balaban J connectivity index is 1.47. The van der Waals surface area contributed by atoms with Crippen LogP contribution in [0.4, 0.5) is 0 Å². The number of carbonyl (C=O) groups is 1. The summed E-state index contributed by atoms with van der Waals surface area (Å²) in [6.07, 6.45) is 9.72. The zero-order chi connectivity index (χ0) is 17.6. The summed E-state index contributed by atoms with van der Waals surface area (Å²) in [6, 6.07) is 1.79. The highest BCUT2D eigenvalue weighted by molar-refractivity contribution is 8.00. The maximum atomic E-state index is 12.2. The van der Waals surface area contributed by atoms with E-state index in [0.29, 0.717) is 17.7 Å². The summed E-state index contributed by atoms with van der Waals surface area (Å²) < 4.78 is 10.9. The molecule has 7 heteroatoms. The summed E-state index contributed by atoms with van der Waals surface area (Å²) in [7, 11) is 0. The first-order valence-electron chi connectivity index (χ1n) is 8.63. The quantitative estimate of drug-likeness (QED) is 0.590. The molecular weight excluding hydrogens is 338 g/mol. The lowest BCUT2D eigenvalue weighted by Crippen LogP contribution is -2.31. The number of amides is 1. The Labute approximate surface area is 151 Å². The van der Waals surface area contributed by atoms with Crippen molar-refractivity contribution in [2.75, 3.05) is 6.54 Å². The average molecular weight is 361 g/mol. The molecule has 0 saturated heterocycles. The Morgan fingerprint density at radius 2 is 2.28 bits per heavy atom. The maximum Gasteiger partial charge on any atom is 0.277 e. The second-order valence-electron chi connectivity index (χ2n) is 6.17. The first-order valence-corrected chi connectivity index (χ1v) is 9.51. The molecule has 2 aromatic rings. The van der Waals surface area contributed by atoms with Crippen LogP contribution in [0.2, 0.25) is 0 Å². The number of hydrogen-bond acceptors (Lipinski definition) is 6. The Bertz CT molecular complexity index is 750. The monoisotopic (exact) mass is 361 g/mol. The van der Waals surface area contributed by atoms with E-state index >= 15 is 0 Å². The molecule has 2 heterocycles. The van der Waals surface area contributed by atoms with Gasteiger partial charge in [0, 0.05) is 6.54 Å². The molecule has 6 nitrogen and oxygen atoms in total. The smallest absolute Gasteiger partial charge is 0.277 e. The summed E-state index contributed by atoms with van der Waals surface area (Å²) >= 11 is 1.26. The first kappa shape index (κ1) is 17.8. The molecule has 0 fully saturated rings. The van der Waals surface area contributed by atoms with Gasteiger partial charge in [-0.15, -0.1) is 10.2 Å². The number of nitrogens with one attached hydrogen (secondary N) is 1. The van der Waals surface area contributed by atoms with E-state index < -0.39 is 0 Å². The van der Waals surface area contributed by atoms with Crippen LogP contribution in [0.1, 0.15) is 44.8 Å². The van der Waals surface area contributed by atoms with Crippen LogP contribution in [0.15, 0.2) is 38.0 Å². The molecule has 0 aromatic carbocycles. The molecule has 0 radical (unpaired) electrons. The van der Waals surface area contributed by atoms with Gasteiger partial charge >= 0.3 is 0 Å². The third-order valence-electron chi connectivity index (χ3n) is 4.27. The van der Waals surface area contributed by atoms with Gasteiger partial charge in [-0.2, -0.15) is 0 Å². The van der Waals surface area contributed by atoms with Crippen LogP contribution in [-0.4, -0.2) is 27.9 Å². The molecule has 3 rings (SSSR count). The molecule has 134 valence electrons. The van der Waals surface area contributed by atoms with E-state index in [1.807, 2.05) is 13.8 Å². The Kier molecular flexibility index (Phi) is 5.96. The van der Waals surface area contributed by atoms with E-state index in [1.54, 1.807) is 12.3 Å². The molecule has 0 bridgehead atoms. The van der Waals surface area contributed by atoms with Crippen molar-refractivity contribution in [1.29, 1.82) is 0 Å². The van der Waals surface area contributed by atoms with Crippen molar-refractivity contribution in [3.8, 4) is 11.5 Å². The van der Waals surface area contributed by atoms with E-state index in [-0.39, 0.29) is 11.2 Å².